The smallest absolute Gasteiger partial charge is 0.165 e. The van der Waals surface area contributed by atoms with Crippen molar-refractivity contribution in [3.63, 3.8) is 0 Å². The van der Waals surface area contributed by atoms with Crippen molar-refractivity contribution >= 4 is 10.9 Å². The number of hydrogen-bond donors (Lipinski definition) is 1. The molecular weight excluding hydrogens is 155 g/mol. The van der Waals surface area contributed by atoms with Crippen LogP contribution in [0.3, 0.4) is 0 Å². The number of pyridine rings is 1. The normalized spacial score (nSPS) is 10.8. The Morgan fingerprint density at radius 3 is 3.08 bits per heavy atom. The van der Waals surface area contributed by atoms with Crippen molar-refractivity contribution in [2.45, 2.75) is 13.3 Å². The predicted octanol–water partition coefficient (Wildman–Crippen LogP) is 2.26. The number of aromatic nitrogens is 2. The number of aromatic amines is 1. The fourth-order valence-electron chi connectivity index (χ4n) is 1.35. The number of H-pyrrole nitrogens is 1. The van der Waals surface area contributed by atoms with Gasteiger partial charge in [0.15, 0.2) is 5.82 Å². The van der Waals surface area contributed by atoms with Crippen LogP contribution in [0.1, 0.15) is 12.5 Å². The Hall–Kier alpha value is -1.38. The molecular formula is C9H9FN2. The third-order valence-corrected chi connectivity index (χ3v) is 2.02. The maximum atomic E-state index is 13.0. The molecule has 0 saturated carbocycles. The highest BCUT2D eigenvalue weighted by molar-refractivity contribution is 5.82. The zero-order valence-electron chi connectivity index (χ0n) is 6.76. The molecule has 0 bridgehead atoms. The first-order valence-corrected chi connectivity index (χ1v) is 3.92. The van der Waals surface area contributed by atoms with Crippen molar-refractivity contribution < 1.29 is 4.39 Å². The van der Waals surface area contributed by atoms with Gasteiger partial charge in [-0.3, -0.25) is 4.98 Å². The molecule has 0 aliphatic carbocycles. The maximum absolute atomic E-state index is 13.0. The summed E-state index contributed by atoms with van der Waals surface area (Å²) in [4.78, 5) is 6.69. The lowest BCUT2D eigenvalue weighted by atomic mass is 10.2. The number of fused-ring (bicyclic) bond motifs is 1. The second-order valence-electron chi connectivity index (χ2n) is 2.71. The molecule has 0 radical (unpaired) electrons. The van der Waals surface area contributed by atoms with Gasteiger partial charge in [0.1, 0.15) is 0 Å². The third-order valence-electron chi connectivity index (χ3n) is 2.02. The average molecular weight is 164 g/mol. The van der Waals surface area contributed by atoms with E-state index in [1.807, 2.05) is 13.1 Å². The van der Waals surface area contributed by atoms with Crippen LogP contribution in [0, 0.1) is 5.82 Å². The van der Waals surface area contributed by atoms with E-state index in [2.05, 4.69) is 9.97 Å². The van der Waals surface area contributed by atoms with Crippen LogP contribution in [0.4, 0.5) is 4.39 Å². The van der Waals surface area contributed by atoms with E-state index >= 15 is 0 Å². The Morgan fingerprint density at radius 1 is 1.50 bits per heavy atom. The third kappa shape index (κ3) is 0.897. The molecule has 0 amide bonds. The van der Waals surface area contributed by atoms with Crippen LogP contribution in [0.5, 0.6) is 0 Å². The van der Waals surface area contributed by atoms with E-state index in [0.29, 0.717) is 5.52 Å². The second kappa shape index (κ2) is 2.59. The molecule has 0 aliphatic rings. The van der Waals surface area contributed by atoms with Gasteiger partial charge < -0.3 is 4.98 Å². The molecule has 62 valence electrons. The molecule has 0 unspecified atom stereocenters. The minimum atomic E-state index is -0.285. The van der Waals surface area contributed by atoms with Crippen LogP contribution in [-0.4, -0.2) is 9.97 Å². The molecule has 12 heavy (non-hydrogen) atoms. The van der Waals surface area contributed by atoms with E-state index in [9.17, 15) is 4.39 Å². The van der Waals surface area contributed by atoms with Gasteiger partial charge in [0.2, 0.25) is 0 Å². The van der Waals surface area contributed by atoms with E-state index in [1.54, 1.807) is 6.20 Å². The molecule has 2 aromatic rings. The number of hydrogen-bond acceptors (Lipinski definition) is 1. The predicted molar refractivity (Wildman–Crippen MR) is 45.4 cm³/mol. The maximum Gasteiger partial charge on any atom is 0.165 e. The summed E-state index contributed by atoms with van der Waals surface area (Å²) in [5, 5.41) is 0.887. The van der Waals surface area contributed by atoms with E-state index < -0.39 is 0 Å². The molecule has 2 rings (SSSR count). The van der Waals surface area contributed by atoms with Gasteiger partial charge in [-0.2, -0.15) is 0 Å². The van der Waals surface area contributed by atoms with Crippen molar-refractivity contribution in [1.29, 1.82) is 0 Å². The highest BCUT2D eigenvalue weighted by atomic mass is 19.1. The molecule has 1 N–H and O–H groups in total. The SMILES string of the molecule is CCc1c[nH]c2c(F)cncc12. The van der Waals surface area contributed by atoms with Gasteiger partial charge in [-0.05, 0) is 12.0 Å². The first-order valence-electron chi connectivity index (χ1n) is 3.92. The zero-order valence-corrected chi connectivity index (χ0v) is 6.76. The molecule has 3 heteroatoms. The fraction of sp³-hybridized carbons (Fsp3) is 0.222. The first-order chi connectivity index (χ1) is 5.83. The van der Waals surface area contributed by atoms with Gasteiger partial charge in [0.05, 0.1) is 11.7 Å². The van der Waals surface area contributed by atoms with Crippen molar-refractivity contribution in [3.05, 3.63) is 30.0 Å². The second-order valence-corrected chi connectivity index (χ2v) is 2.71. The Balaban J connectivity index is 2.80. The Kier molecular flexibility index (Phi) is 1.57. The van der Waals surface area contributed by atoms with Gasteiger partial charge in [-0.1, -0.05) is 6.92 Å². The minimum Gasteiger partial charge on any atom is -0.358 e. The lowest BCUT2D eigenvalue weighted by molar-refractivity contribution is 0.631. The summed E-state index contributed by atoms with van der Waals surface area (Å²) in [6, 6.07) is 0. The molecule has 2 aromatic heterocycles. The van der Waals surface area contributed by atoms with Gasteiger partial charge in [-0.25, -0.2) is 4.39 Å². The monoisotopic (exact) mass is 164 g/mol. The Bertz CT molecular complexity index is 406. The van der Waals surface area contributed by atoms with Crippen LogP contribution >= 0.6 is 0 Å². The van der Waals surface area contributed by atoms with Crippen LogP contribution in [-0.2, 0) is 6.42 Å². The van der Waals surface area contributed by atoms with Crippen molar-refractivity contribution in [2.24, 2.45) is 0 Å². The van der Waals surface area contributed by atoms with Gasteiger partial charge in [0.25, 0.3) is 0 Å². The molecule has 0 aliphatic heterocycles. The highest BCUT2D eigenvalue weighted by Gasteiger charge is 2.05. The molecule has 0 fully saturated rings. The summed E-state index contributed by atoms with van der Waals surface area (Å²) in [5.41, 5.74) is 1.67. The van der Waals surface area contributed by atoms with E-state index in [1.165, 1.54) is 6.20 Å². The number of halogens is 1. The lowest BCUT2D eigenvalue weighted by Gasteiger charge is -1.92. The van der Waals surface area contributed by atoms with E-state index in [0.717, 1.165) is 17.4 Å². The average Bonchev–Trinajstić information content (AvgIpc) is 2.49. The number of aryl methyl sites for hydroxylation is 1. The standard InChI is InChI=1S/C9H9FN2/c1-2-6-3-12-9-7(6)4-11-5-8(9)10/h3-5,12H,2H2,1H3. The lowest BCUT2D eigenvalue weighted by Crippen LogP contribution is -1.81. The summed E-state index contributed by atoms with van der Waals surface area (Å²) in [6.07, 6.45) is 5.63. The first kappa shape index (κ1) is 7.28. The van der Waals surface area contributed by atoms with Crippen molar-refractivity contribution in [1.82, 2.24) is 9.97 Å². The summed E-state index contributed by atoms with van der Waals surface area (Å²) in [7, 11) is 0. The van der Waals surface area contributed by atoms with E-state index in [4.69, 9.17) is 0 Å². The fourth-order valence-corrected chi connectivity index (χ4v) is 1.35. The minimum absolute atomic E-state index is 0.285. The number of nitrogens with one attached hydrogen (secondary N) is 1. The topological polar surface area (TPSA) is 28.7 Å². The van der Waals surface area contributed by atoms with Gasteiger partial charge in [-0.15, -0.1) is 0 Å². The Labute approximate surface area is 69.4 Å². The summed E-state index contributed by atoms with van der Waals surface area (Å²) >= 11 is 0. The van der Waals surface area contributed by atoms with Crippen LogP contribution < -0.4 is 0 Å². The molecule has 0 atom stereocenters. The summed E-state index contributed by atoms with van der Waals surface area (Å²) in [5.74, 6) is -0.285. The largest absolute Gasteiger partial charge is 0.358 e. The quantitative estimate of drug-likeness (QED) is 0.688. The summed E-state index contributed by atoms with van der Waals surface area (Å²) < 4.78 is 13.0. The van der Waals surface area contributed by atoms with Crippen molar-refractivity contribution in [2.75, 3.05) is 0 Å². The Morgan fingerprint density at radius 2 is 2.33 bits per heavy atom. The van der Waals surface area contributed by atoms with E-state index in [-0.39, 0.29) is 5.82 Å². The van der Waals surface area contributed by atoms with Crippen molar-refractivity contribution in [3.8, 4) is 0 Å². The number of nitrogens with zero attached hydrogens (tertiary/aromatic N) is 1. The molecule has 0 spiro atoms. The van der Waals surface area contributed by atoms with Crippen LogP contribution in [0.25, 0.3) is 10.9 Å². The summed E-state index contributed by atoms with van der Waals surface area (Å²) in [6.45, 7) is 2.04. The highest BCUT2D eigenvalue weighted by Crippen LogP contribution is 2.19. The molecule has 0 aromatic carbocycles. The van der Waals surface area contributed by atoms with Crippen LogP contribution in [0.15, 0.2) is 18.6 Å². The van der Waals surface area contributed by atoms with Crippen LogP contribution in [0.2, 0.25) is 0 Å². The van der Waals surface area contributed by atoms with Gasteiger partial charge in [0, 0.05) is 17.8 Å². The molecule has 2 nitrogen and oxygen atoms in total. The molecule has 0 saturated heterocycles. The number of rotatable bonds is 1. The molecule has 2 heterocycles. The van der Waals surface area contributed by atoms with Gasteiger partial charge >= 0.3 is 0 Å². The zero-order chi connectivity index (χ0) is 8.55.